The fourth-order valence-electron chi connectivity index (χ4n) is 2.53. The van der Waals surface area contributed by atoms with Gasteiger partial charge in [-0.05, 0) is 37.3 Å². The van der Waals surface area contributed by atoms with Crippen molar-refractivity contribution >= 4 is 22.4 Å². The molecule has 0 unspecified atom stereocenters. The van der Waals surface area contributed by atoms with E-state index in [0.717, 1.165) is 28.0 Å². The second-order valence-corrected chi connectivity index (χ2v) is 5.70. The van der Waals surface area contributed by atoms with Crippen LogP contribution >= 0.6 is 0 Å². The topological polar surface area (TPSA) is 50.7 Å². The number of nitrogens with zero attached hydrogens (tertiary/aromatic N) is 3. The van der Waals surface area contributed by atoms with Gasteiger partial charge in [0.1, 0.15) is 5.52 Å². The summed E-state index contributed by atoms with van der Waals surface area (Å²) in [7, 11) is 0. The number of rotatable bonds is 3. The lowest BCUT2D eigenvalue weighted by Gasteiger charge is -2.08. The molecule has 0 amide bonds. The summed E-state index contributed by atoms with van der Waals surface area (Å²) in [6, 6.07) is 24.1. The molecule has 0 saturated carbocycles. The highest BCUT2D eigenvalue weighted by molar-refractivity contribution is 5.80. The van der Waals surface area contributed by atoms with Crippen LogP contribution in [0.1, 0.15) is 5.56 Å². The Morgan fingerprint density at radius 3 is 2.25 bits per heavy atom. The Labute approximate surface area is 140 Å². The highest BCUT2D eigenvalue weighted by Crippen LogP contribution is 2.22. The van der Waals surface area contributed by atoms with Gasteiger partial charge in [-0.3, -0.25) is 0 Å². The molecule has 1 heterocycles. The lowest BCUT2D eigenvalue weighted by molar-refractivity contribution is 1.03. The van der Waals surface area contributed by atoms with E-state index in [4.69, 9.17) is 0 Å². The molecular weight excluding hydrogens is 296 g/mol. The van der Waals surface area contributed by atoms with Crippen LogP contribution in [-0.4, -0.2) is 15.2 Å². The van der Waals surface area contributed by atoms with Gasteiger partial charge in [-0.2, -0.15) is 0 Å². The highest BCUT2D eigenvalue weighted by atomic mass is 15.1. The normalized spacial score (nSPS) is 10.7. The summed E-state index contributed by atoms with van der Waals surface area (Å²) in [4.78, 5) is 4.65. The Hall–Kier alpha value is -3.27. The van der Waals surface area contributed by atoms with E-state index in [1.807, 2.05) is 48.5 Å². The number of hydrogen-bond donors (Lipinski definition) is 1. The van der Waals surface area contributed by atoms with Gasteiger partial charge in [-0.25, -0.2) is 4.98 Å². The largest absolute Gasteiger partial charge is 0.355 e. The number of nitrogens with one attached hydrogen (secondary N) is 1. The number of benzene rings is 3. The van der Waals surface area contributed by atoms with Crippen LogP contribution in [0, 0.1) is 6.92 Å². The van der Waals surface area contributed by atoms with E-state index in [0.29, 0.717) is 5.82 Å². The van der Waals surface area contributed by atoms with E-state index in [9.17, 15) is 0 Å². The molecule has 0 radical (unpaired) electrons. The fraction of sp³-hybridized carbons (Fsp3) is 0.0500. The number of hydrogen-bond acceptors (Lipinski definition) is 4. The van der Waals surface area contributed by atoms with Gasteiger partial charge in [0, 0.05) is 16.9 Å². The molecule has 4 heteroatoms. The number of aromatic nitrogens is 3. The first-order valence-corrected chi connectivity index (χ1v) is 7.81. The SMILES string of the molecule is Cc1ccc(Nc2ccc3nnc(-c4ccccc4)nc3c2)cc1. The van der Waals surface area contributed by atoms with Crippen molar-refractivity contribution in [3.05, 3.63) is 78.4 Å². The van der Waals surface area contributed by atoms with E-state index in [1.165, 1.54) is 5.56 Å². The van der Waals surface area contributed by atoms with Crippen molar-refractivity contribution in [1.82, 2.24) is 15.2 Å². The smallest absolute Gasteiger partial charge is 0.182 e. The Kier molecular flexibility index (Phi) is 3.63. The Bertz CT molecular complexity index is 979. The minimum atomic E-state index is 0.635. The van der Waals surface area contributed by atoms with E-state index in [-0.39, 0.29) is 0 Å². The van der Waals surface area contributed by atoms with Gasteiger partial charge in [0.25, 0.3) is 0 Å². The van der Waals surface area contributed by atoms with Crippen LogP contribution in [0.5, 0.6) is 0 Å². The van der Waals surface area contributed by atoms with Crippen molar-refractivity contribution in [2.45, 2.75) is 6.92 Å². The van der Waals surface area contributed by atoms with Crippen LogP contribution in [0.2, 0.25) is 0 Å². The quantitative estimate of drug-likeness (QED) is 0.593. The maximum absolute atomic E-state index is 4.65. The van der Waals surface area contributed by atoms with Gasteiger partial charge in [0.05, 0.1) is 5.52 Å². The predicted octanol–water partition coefficient (Wildman–Crippen LogP) is 4.74. The highest BCUT2D eigenvalue weighted by Gasteiger charge is 2.05. The molecule has 0 bridgehead atoms. The van der Waals surface area contributed by atoms with Crippen molar-refractivity contribution in [2.75, 3.05) is 5.32 Å². The molecule has 116 valence electrons. The predicted molar refractivity (Wildman–Crippen MR) is 97.2 cm³/mol. The zero-order chi connectivity index (χ0) is 16.4. The number of aryl methyl sites for hydroxylation is 1. The van der Waals surface area contributed by atoms with Crippen LogP contribution in [0.25, 0.3) is 22.4 Å². The summed E-state index contributed by atoms with van der Waals surface area (Å²) in [5.74, 6) is 0.635. The third-order valence-corrected chi connectivity index (χ3v) is 3.83. The summed E-state index contributed by atoms with van der Waals surface area (Å²) >= 11 is 0. The molecule has 0 aliphatic carbocycles. The van der Waals surface area contributed by atoms with Crippen molar-refractivity contribution in [3.63, 3.8) is 0 Å². The summed E-state index contributed by atoms with van der Waals surface area (Å²) in [6.07, 6.45) is 0. The first kappa shape index (κ1) is 14.3. The maximum atomic E-state index is 4.65. The van der Waals surface area contributed by atoms with Crippen LogP contribution in [0.3, 0.4) is 0 Å². The molecule has 0 saturated heterocycles. The van der Waals surface area contributed by atoms with Crippen molar-refractivity contribution < 1.29 is 0 Å². The summed E-state index contributed by atoms with van der Waals surface area (Å²) in [6.45, 7) is 2.08. The molecule has 3 aromatic carbocycles. The van der Waals surface area contributed by atoms with Crippen LogP contribution in [0.4, 0.5) is 11.4 Å². The van der Waals surface area contributed by atoms with Crippen molar-refractivity contribution in [1.29, 1.82) is 0 Å². The van der Waals surface area contributed by atoms with E-state index >= 15 is 0 Å². The molecule has 1 aromatic heterocycles. The van der Waals surface area contributed by atoms with Crippen LogP contribution in [-0.2, 0) is 0 Å². The molecule has 0 aliphatic heterocycles. The molecule has 0 spiro atoms. The zero-order valence-corrected chi connectivity index (χ0v) is 13.3. The molecule has 4 aromatic rings. The second-order valence-electron chi connectivity index (χ2n) is 5.70. The Balaban J connectivity index is 1.69. The van der Waals surface area contributed by atoms with E-state index in [2.05, 4.69) is 51.7 Å². The molecular formula is C20H16N4. The van der Waals surface area contributed by atoms with Crippen molar-refractivity contribution in [2.24, 2.45) is 0 Å². The second kappa shape index (κ2) is 6.08. The average molecular weight is 312 g/mol. The van der Waals surface area contributed by atoms with Gasteiger partial charge in [-0.15, -0.1) is 10.2 Å². The van der Waals surface area contributed by atoms with E-state index in [1.54, 1.807) is 0 Å². The van der Waals surface area contributed by atoms with Crippen molar-refractivity contribution in [3.8, 4) is 11.4 Å². The molecule has 0 fully saturated rings. The minimum Gasteiger partial charge on any atom is -0.355 e. The molecule has 0 atom stereocenters. The monoisotopic (exact) mass is 312 g/mol. The molecule has 0 aliphatic rings. The maximum Gasteiger partial charge on any atom is 0.182 e. The molecule has 4 rings (SSSR count). The Morgan fingerprint density at radius 1 is 0.708 bits per heavy atom. The first-order valence-electron chi connectivity index (χ1n) is 7.81. The van der Waals surface area contributed by atoms with Crippen LogP contribution in [0.15, 0.2) is 72.8 Å². The Morgan fingerprint density at radius 2 is 1.46 bits per heavy atom. The first-order chi connectivity index (χ1) is 11.8. The van der Waals surface area contributed by atoms with Gasteiger partial charge < -0.3 is 5.32 Å². The average Bonchev–Trinajstić information content (AvgIpc) is 2.64. The zero-order valence-electron chi connectivity index (χ0n) is 13.3. The van der Waals surface area contributed by atoms with Gasteiger partial charge in [0.2, 0.25) is 0 Å². The molecule has 4 nitrogen and oxygen atoms in total. The lowest BCUT2D eigenvalue weighted by Crippen LogP contribution is -1.96. The number of anilines is 2. The van der Waals surface area contributed by atoms with E-state index < -0.39 is 0 Å². The van der Waals surface area contributed by atoms with Gasteiger partial charge in [-0.1, -0.05) is 48.0 Å². The summed E-state index contributed by atoms with van der Waals surface area (Å²) < 4.78 is 0. The standard InChI is InChI=1S/C20H16N4/c1-14-7-9-16(10-8-14)21-17-11-12-18-19(13-17)22-20(24-23-18)15-5-3-2-4-6-15/h2-13,21H,1H3. The molecule has 1 N–H and O–H groups in total. The summed E-state index contributed by atoms with van der Waals surface area (Å²) in [5.41, 5.74) is 5.83. The molecule has 24 heavy (non-hydrogen) atoms. The van der Waals surface area contributed by atoms with Gasteiger partial charge >= 0.3 is 0 Å². The van der Waals surface area contributed by atoms with Gasteiger partial charge in [0.15, 0.2) is 5.82 Å². The summed E-state index contributed by atoms with van der Waals surface area (Å²) in [5, 5.41) is 11.9. The minimum absolute atomic E-state index is 0.635. The lowest BCUT2D eigenvalue weighted by atomic mass is 10.2. The third kappa shape index (κ3) is 2.94. The third-order valence-electron chi connectivity index (χ3n) is 3.83. The fourth-order valence-corrected chi connectivity index (χ4v) is 2.53. The number of fused-ring (bicyclic) bond motifs is 1. The van der Waals surface area contributed by atoms with Crippen LogP contribution < -0.4 is 5.32 Å².